The van der Waals surface area contributed by atoms with Crippen LogP contribution in [0.25, 0.3) is 0 Å². The van der Waals surface area contributed by atoms with E-state index in [-0.39, 0.29) is 5.04 Å². The summed E-state index contributed by atoms with van der Waals surface area (Å²) < 4.78 is 22.3. The molecule has 0 aliphatic rings. The third kappa shape index (κ3) is 2.93. The van der Waals surface area contributed by atoms with E-state index in [0.29, 0.717) is 0 Å². The normalized spacial score (nSPS) is 12.4. The van der Waals surface area contributed by atoms with Crippen molar-refractivity contribution >= 4 is 13.7 Å². The predicted molar refractivity (Wildman–Crippen MR) is 78.7 cm³/mol. The fraction of sp³-hybridized carbons (Fsp3) is 0.571. The van der Waals surface area contributed by atoms with Gasteiger partial charge >= 0.3 is 8.56 Å². The molecule has 0 spiro atoms. The molecular weight excluding hydrogens is 260 g/mol. The number of hydrogen-bond donors (Lipinski definition) is 0. The van der Waals surface area contributed by atoms with Crippen molar-refractivity contribution in [2.24, 2.45) is 0 Å². The van der Waals surface area contributed by atoms with E-state index in [9.17, 15) is 0 Å². The van der Waals surface area contributed by atoms with Crippen LogP contribution in [0.4, 0.5) is 0 Å². The highest BCUT2D eigenvalue weighted by Crippen LogP contribution is 2.37. The number of methoxy groups -OCH3 is 2. The minimum atomic E-state index is -2.58. The zero-order valence-electron chi connectivity index (χ0n) is 12.9. The first-order chi connectivity index (χ1) is 8.84. The highest BCUT2D eigenvalue weighted by atomic mass is 28.4. The molecule has 1 aromatic rings. The maximum atomic E-state index is 5.84. The summed E-state index contributed by atoms with van der Waals surface area (Å²) in [5, 5.41) is 0.884. The lowest BCUT2D eigenvalue weighted by Crippen LogP contribution is -2.59. The minimum absolute atomic E-state index is 0.117. The van der Waals surface area contributed by atoms with Crippen LogP contribution in [-0.4, -0.2) is 37.0 Å². The summed E-state index contributed by atoms with van der Waals surface area (Å²) in [6.07, 6.45) is 0. The number of hydrogen-bond acceptors (Lipinski definition) is 4. The van der Waals surface area contributed by atoms with Gasteiger partial charge in [-0.2, -0.15) is 0 Å². The Morgan fingerprint density at radius 1 is 0.789 bits per heavy atom. The molecule has 0 aliphatic carbocycles. The average molecular weight is 284 g/mol. The highest BCUT2D eigenvalue weighted by Gasteiger charge is 2.50. The van der Waals surface area contributed by atoms with E-state index in [1.54, 1.807) is 28.4 Å². The van der Waals surface area contributed by atoms with Gasteiger partial charge in [0.15, 0.2) is 0 Å². The Hall–Kier alpha value is -1.04. The Balaban J connectivity index is 3.46. The fourth-order valence-corrected chi connectivity index (χ4v) is 5.76. The van der Waals surface area contributed by atoms with Gasteiger partial charge in [-0.05, 0) is 12.1 Å². The molecule has 19 heavy (non-hydrogen) atoms. The van der Waals surface area contributed by atoms with E-state index in [2.05, 4.69) is 20.8 Å². The van der Waals surface area contributed by atoms with E-state index in [1.165, 1.54) is 0 Å². The highest BCUT2D eigenvalue weighted by molar-refractivity contribution is 6.83. The van der Waals surface area contributed by atoms with E-state index >= 15 is 0 Å². The standard InChI is InChI=1S/C14H24O4Si/c1-14(2,3)19(17-6,18-7)13-9-11(15-4)8-12(10-13)16-5/h8-10H,1-7H3. The Labute approximate surface area is 116 Å². The van der Waals surface area contributed by atoms with Gasteiger partial charge in [0.1, 0.15) is 11.5 Å². The fourth-order valence-electron chi connectivity index (χ4n) is 2.36. The Kier molecular flexibility index (Phi) is 5.01. The molecule has 0 N–H and O–H groups in total. The molecule has 0 saturated carbocycles. The van der Waals surface area contributed by atoms with Crippen LogP contribution in [0, 0.1) is 0 Å². The molecular formula is C14H24O4Si. The van der Waals surface area contributed by atoms with Crippen LogP contribution in [0.15, 0.2) is 18.2 Å². The third-order valence-corrected chi connectivity index (χ3v) is 7.47. The summed E-state index contributed by atoms with van der Waals surface area (Å²) in [5.74, 6) is 1.48. The van der Waals surface area contributed by atoms with E-state index in [0.717, 1.165) is 16.7 Å². The molecule has 0 aromatic heterocycles. The van der Waals surface area contributed by atoms with Gasteiger partial charge in [-0.3, -0.25) is 0 Å². The van der Waals surface area contributed by atoms with Gasteiger partial charge in [-0.25, -0.2) is 0 Å². The summed E-state index contributed by atoms with van der Waals surface area (Å²) >= 11 is 0. The lowest BCUT2D eigenvalue weighted by Gasteiger charge is -2.39. The van der Waals surface area contributed by atoms with Gasteiger partial charge in [-0.1, -0.05) is 20.8 Å². The van der Waals surface area contributed by atoms with Gasteiger partial charge in [0.2, 0.25) is 0 Å². The van der Waals surface area contributed by atoms with Crippen LogP contribution >= 0.6 is 0 Å². The number of benzene rings is 1. The van der Waals surface area contributed by atoms with E-state index in [4.69, 9.17) is 18.3 Å². The lowest BCUT2D eigenvalue weighted by atomic mass is 10.2. The molecule has 0 amide bonds. The first kappa shape index (κ1) is 16.0. The van der Waals surface area contributed by atoms with Gasteiger partial charge in [-0.15, -0.1) is 0 Å². The predicted octanol–water partition coefficient (Wildman–Crippen LogP) is 2.45. The van der Waals surface area contributed by atoms with Crippen LogP contribution in [-0.2, 0) is 8.85 Å². The van der Waals surface area contributed by atoms with Gasteiger partial charge < -0.3 is 18.3 Å². The SMILES string of the molecule is COc1cc(OC)cc([Si](OC)(OC)C(C)(C)C)c1. The van der Waals surface area contributed by atoms with Gasteiger partial charge in [0, 0.05) is 30.5 Å². The van der Waals surface area contributed by atoms with Crippen LogP contribution < -0.4 is 14.7 Å². The van der Waals surface area contributed by atoms with Crippen molar-refractivity contribution in [1.29, 1.82) is 0 Å². The monoisotopic (exact) mass is 284 g/mol. The summed E-state index contributed by atoms with van der Waals surface area (Å²) in [4.78, 5) is 0. The molecule has 108 valence electrons. The largest absolute Gasteiger partial charge is 0.497 e. The molecule has 5 heteroatoms. The van der Waals surface area contributed by atoms with Crippen molar-refractivity contribution in [3.8, 4) is 11.5 Å². The smallest absolute Gasteiger partial charge is 0.377 e. The molecule has 4 nitrogen and oxygen atoms in total. The molecule has 0 saturated heterocycles. The Morgan fingerprint density at radius 2 is 1.21 bits per heavy atom. The first-order valence-electron chi connectivity index (χ1n) is 6.18. The number of rotatable bonds is 5. The second-order valence-electron chi connectivity index (χ2n) is 5.38. The van der Waals surface area contributed by atoms with Crippen molar-refractivity contribution in [2.45, 2.75) is 25.8 Å². The molecule has 0 fully saturated rings. The lowest BCUT2D eigenvalue weighted by molar-refractivity contribution is 0.230. The molecule has 1 rings (SSSR count). The molecule has 0 aliphatic heterocycles. The summed E-state index contributed by atoms with van der Waals surface area (Å²) in [7, 11) is 4.10. The summed E-state index contributed by atoms with van der Waals surface area (Å²) in [6.45, 7) is 6.37. The van der Waals surface area contributed by atoms with Gasteiger partial charge in [0.05, 0.1) is 14.2 Å². The van der Waals surface area contributed by atoms with Crippen molar-refractivity contribution in [2.75, 3.05) is 28.4 Å². The second-order valence-corrected chi connectivity index (χ2v) is 9.50. The summed E-state index contributed by atoms with van der Waals surface area (Å²) in [5.41, 5.74) is 0. The molecule has 0 radical (unpaired) electrons. The van der Waals surface area contributed by atoms with Crippen LogP contribution in [0.1, 0.15) is 20.8 Å². The van der Waals surface area contributed by atoms with Crippen molar-refractivity contribution < 1.29 is 18.3 Å². The van der Waals surface area contributed by atoms with Crippen molar-refractivity contribution in [3.63, 3.8) is 0 Å². The zero-order chi connectivity index (χ0) is 14.7. The Bertz CT molecular complexity index is 400. The van der Waals surface area contributed by atoms with Crippen LogP contribution in [0.5, 0.6) is 11.5 Å². The van der Waals surface area contributed by atoms with E-state index < -0.39 is 8.56 Å². The molecule has 0 heterocycles. The average Bonchev–Trinajstić information content (AvgIpc) is 2.38. The van der Waals surface area contributed by atoms with E-state index in [1.807, 2.05) is 18.2 Å². The molecule has 1 aromatic carbocycles. The maximum Gasteiger partial charge on any atom is 0.377 e. The summed E-state index contributed by atoms with van der Waals surface area (Å²) in [6, 6.07) is 5.77. The first-order valence-corrected chi connectivity index (χ1v) is 8.00. The van der Waals surface area contributed by atoms with Crippen LogP contribution in [0.2, 0.25) is 5.04 Å². The molecule has 0 atom stereocenters. The topological polar surface area (TPSA) is 36.9 Å². The minimum Gasteiger partial charge on any atom is -0.497 e. The second kappa shape index (κ2) is 5.94. The van der Waals surface area contributed by atoms with Crippen molar-refractivity contribution in [3.05, 3.63) is 18.2 Å². The quantitative estimate of drug-likeness (QED) is 0.778. The zero-order valence-corrected chi connectivity index (χ0v) is 13.9. The molecule has 0 unspecified atom stereocenters. The molecule has 0 bridgehead atoms. The maximum absolute atomic E-state index is 5.84. The Morgan fingerprint density at radius 3 is 1.47 bits per heavy atom. The number of ether oxygens (including phenoxy) is 2. The van der Waals surface area contributed by atoms with Gasteiger partial charge in [0.25, 0.3) is 0 Å². The van der Waals surface area contributed by atoms with Crippen molar-refractivity contribution in [1.82, 2.24) is 0 Å². The van der Waals surface area contributed by atoms with Crippen LogP contribution in [0.3, 0.4) is 0 Å². The third-order valence-electron chi connectivity index (χ3n) is 3.29.